The Morgan fingerprint density at radius 1 is 1.36 bits per heavy atom. The van der Waals surface area contributed by atoms with Crippen molar-refractivity contribution in [1.82, 2.24) is 5.32 Å². The Hall–Kier alpha value is -1.31. The van der Waals surface area contributed by atoms with E-state index in [1.54, 1.807) is 12.2 Å². The Morgan fingerprint density at radius 3 is 2.29 bits per heavy atom. The summed E-state index contributed by atoms with van der Waals surface area (Å²) in [5.41, 5.74) is 0.782. The highest BCUT2D eigenvalue weighted by atomic mass is 16.1. The van der Waals surface area contributed by atoms with Crippen LogP contribution in [0.5, 0.6) is 0 Å². The van der Waals surface area contributed by atoms with Crippen LogP contribution in [0.2, 0.25) is 0 Å². The summed E-state index contributed by atoms with van der Waals surface area (Å²) in [5, 5.41) is 2.59. The molecular weight excluding hydrogens is 174 g/mol. The van der Waals surface area contributed by atoms with Gasteiger partial charge in [0.05, 0.1) is 0 Å². The van der Waals surface area contributed by atoms with Gasteiger partial charge in [-0.2, -0.15) is 0 Å². The molecule has 0 aliphatic rings. The number of carbonyl (C=O) groups excluding carboxylic acids is 1. The van der Waals surface area contributed by atoms with Gasteiger partial charge in [0, 0.05) is 5.57 Å². The fourth-order valence-electron chi connectivity index (χ4n) is 1.43. The number of nitrogens with one attached hydrogen (secondary N) is 1. The van der Waals surface area contributed by atoms with Crippen LogP contribution in [0, 0.1) is 5.92 Å². The highest BCUT2D eigenvalue weighted by Gasteiger charge is 2.15. The first kappa shape index (κ1) is 12.7. The van der Waals surface area contributed by atoms with Gasteiger partial charge in [0.2, 0.25) is 0 Å². The topological polar surface area (TPSA) is 29.1 Å². The van der Waals surface area contributed by atoms with Crippen molar-refractivity contribution < 1.29 is 4.79 Å². The fourth-order valence-corrected chi connectivity index (χ4v) is 1.43. The lowest BCUT2D eigenvalue weighted by Gasteiger charge is -2.15. The summed E-state index contributed by atoms with van der Waals surface area (Å²) in [7, 11) is 0. The van der Waals surface area contributed by atoms with Crippen LogP contribution in [0.3, 0.4) is 0 Å². The van der Waals surface area contributed by atoms with Gasteiger partial charge >= 0.3 is 0 Å². The molecule has 0 bridgehead atoms. The maximum absolute atomic E-state index is 11.6. The van der Waals surface area contributed by atoms with Crippen LogP contribution in [0.15, 0.2) is 37.1 Å². The van der Waals surface area contributed by atoms with Crippen molar-refractivity contribution in [2.75, 3.05) is 0 Å². The molecule has 78 valence electrons. The molecule has 0 radical (unpaired) electrons. The minimum atomic E-state index is -0.0754. The van der Waals surface area contributed by atoms with E-state index >= 15 is 0 Å². The summed E-state index contributed by atoms with van der Waals surface area (Å²) < 4.78 is 0. The van der Waals surface area contributed by atoms with Crippen molar-refractivity contribution in [1.29, 1.82) is 0 Å². The van der Waals surface area contributed by atoms with Gasteiger partial charge in [0.15, 0.2) is 0 Å². The molecule has 0 spiro atoms. The number of hydrogen-bond donors (Lipinski definition) is 1. The standard InChI is InChI=1S/C12H19NO/c1-5-9-11(10(6-2)7-3)12(14)13-8-4/h5,8-10H,1,4,6-7H2,2-3H3,(H,13,14)/b11-9-. The molecule has 14 heavy (non-hydrogen) atoms. The number of amides is 1. The summed E-state index contributed by atoms with van der Waals surface area (Å²) in [6, 6.07) is 0. The fraction of sp³-hybridized carbons (Fsp3) is 0.417. The van der Waals surface area contributed by atoms with Crippen molar-refractivity contribution in [2.45, 2.75) is 26.7 Å². The smallest absolute Gasteiger partial charge is 0.251 e. The van der Waals surface area contributed by atoms with E-state index in [4.69, 9.17) is 0 Å². The maximum Gasteiger partial charge on any atom is 0.251 e. The van der Waals surface area contributed by atoms with Gasteiger partial charge < -0.3 is 5.32 Å². The van der Waals surface area contributed by atoms with Crippen LogP contribution >= 0.6 is 0 Å². The van der Waals surface area contributed by atoms with Gasteiger partial charge in [0.1, 0.15) is 0 Å². The second-order valence-corrected chi connectivity index (χ2v) is 3.05. The molecule has 0 unspecified atom stereocenters. The van der Waals surface area contributed by atoms with Crippen LogP contribution in [0.1, 0.15) is 26.7 Å². The van der Waals surface area contributed by atoms with Crippen molar-refractivity contribution in [3.05, 3.63) is 37.1 Å². The summed E-state index contributed by atoms with van der Waals surface area (Å²) in [6.45, 7) is 11.2. The quantitative estimate of drug-likeness (QED) is 0.510. The minimum Gasteiger partial charge on any atom is -0.329 e. The van der Waals surface area contributed by atoms with Crippen molar-refractivity contribution in [3.8, 4) is 0 Å². The molecule has 0 atom stereocenters. The second-order valence-electron chi connectivity index (χ2n) is 3.05. The molecule has 1 amide bonds. The Bertz CT molecular complexity index is 237. The molecule has 1 N–H and O–H groups in total. The van der Waals surface area contributed by atoms with Crippen LogP contribution in [-0.2, 0) is 4.79 Å². The van der Waals surface area contributed by atoms with Gasteiger partial charge in [-0.05, 0) is 25.0 Å². The summed E-state index contributed by atoms with van der Waals surface area (Å²) in [4.78, 5) is 11.6. The monoisotopic (exact) mass is 193 g/mol. The minimum absolute atomic E-state index is 0.0754. The average molecular weight is 193 g/mol. The SMILES string of the molecule is C=C/C=C(\C(=O)NC=C)C(CC)CC. The van der Waals surface area contributed by atoms with Crippen molar-refractivity contribution >= 4 is 5.91 Å². The Labute approximate surface area is 86.4 Å². The molecule has 0 saturated heterocycles. The zero-order chi connectivity index (χ0) is 11.0. The Morgan fingerprint density at radius 2 is 1.93 bits per heavy atom. The predicted octanol–water partition coefficient (Wildman–Crippen LogP) is 2.79. The largest absolute Gasteiger partial charge is 0.329 e. The number of allylic oxidation sites excluding steroid dienone is 2. The number of carbonyl (C=O) groups is 1. The molecule has 0 saturated carbocycles. The molecule has 0 aliphatic carbocycles. The first-order valence-electron chi connectivity index (χ1n) is 4.95. The summed E-state index contributed by atoms with van der Waals surface area (Å²) in [6.07, 6.45) is 6.75. The summed E-state index contributed by atoms with van der Waals surface area (Å²) in [5.74, 6) is 0.224. The van der Waals surface area contributed by atoms with Gasteiger partial charge in [-0.1, -0.05) is 39.2 Å². The first-order chi connectivity index (χ1) is 6.71. The Kier molecular flexibility index (Phi) is 6.46. The van der Waals surface area contributed by atoms with E-state index in [0.29, 0.717) is 5.92 Å². The highest BCUT2D eigenvalue weighted by Crippen LogP contribution is 2.19. The van der Waals surface area contributed by atoms with E-state index < -0.39 is 0 Å². The van der Waals surface area contributed by atoms with Crippen LogP contribution in [0.4, 0.5) is 0 Å². The molecule has 0 fully saturated rings. The van der Waals surface area contributed by atoms with E-state index in [1.165, 1.54) is 6.20 Å². The maximum atomic E-state index is 11.6. The van der Waals surface area contributed by atoms with E-state index in [-0.39, 0.29) is 5.91 Å². The average Bonchev–Trinajstić information content (AvgIpc) is 2.18. The normalized spacial score (nSPS) is 11.2. The number of hydrogen-bond acceptors (Lipinski definition) is 1. The lowest BCUT2D eigenvalue weighted by atomic mass is 9.92. The molecule has 0 aromatic rings. The van der Waals surface area contributed by atoms with Gasteiger partial charge in [-0.25, -0.2) is 0 Å². The highest BCUT2D eigenvalue weighted by molar-refractivity contribution is 5.94. The van der Waals surface area contributed by atoms with E-state index in [2.05, 4.69) is 32.3 Å². The molecule has 2 heteroatoms. The lowest BCUT2D eigenvalue weighted by Crippen LogP contribution is -2.23. The van der Waals surface area contributed by atoms with Gasteiger partial charge in [-0.3, -0.25) is 4.79 Å². The predicted molar refractivity (Wildman–Crippen MR) is 60.7 cm³/mol. The first-order valence-corrected chi connectivity index (χ1v) is 4.95. The molecule has 0 aromatic heterocycles. The van der Waals surface area contributed by atoms with Crippen molar-refractivity contribution in [2.24, 2.45) is 5.92 Å². The van der Waals surface area contributed by atoms with Crippen LogP contribution < -0.4 is 5.32 Å². The molecule has 2 nitrogen and oxygen atoms in total. The number of rotatable bonds is 6. The van der Waals surface area contributed by atoms with Crippen molar-refractivity contribution in [3.63, 3.8) is 0 Å². The third-order valence-corrected chi connectivity index (χ3v) is 2.22. The zero-order valence-electron chi connectivity index (χ0n) is 9.05. The van der Waals surface area contributed by atoms with Gasteiger partial charge in [0.25, 0.3) is 5.91 Å². The Balaban J connectivity index is 4.74. The molecule has 0 heterocycles. The molecular formula is C12H19NO. The third kappa shape index (κ3) is 3.60. The zero-order valence-corrected chi connectivity index (χ0v) is 9.05. The lowest BCUT2D eigenvalue weighted by molar-refractivity contribution is -0.117. The molecule has 0 aromatic carbocycles. The van der Waals surface area contributed by atoms with E-state index in [0.717, 1.165) is 18.4 Å². The van der Waals surface area contributed by atoms with Gasteiger partial charge in [-0.15, -0.1) is 0 Å². The van der Waals surface area contributed by atoms with Crippen LogP contribution in [0.25, 0.3) is 0 Å². The van der Waals surface area contributed by atoms with E-state index in [1.807, 2.05) is 0 Å². The molecule has 0 rings (SSSR count). The van der Waals surface area contributed by atoms with E-state index in [9.17, 15) is 4.79 Å². The summed E-state index contributed by atoms with van der Waals surface area (Å²) >= 11 is 0. The third-order valence-electron chi connectivity index (χ3n) is 2.22. The molecule has 0 aliphatic heterocycles. The second kappa shape index (κ2) is 7.13. The van der Waals surface area contributed by atoms with Crippen LogP contribution in [-0.4, -0.2) is 5.91 Å².